The lowest BCUT2D eigenvalue weighted by Gasteiger charge is -2.15. The maximum atomic E-state index is 6.57. The van der Waals surface area contributed by atoms with Gasteiger partial charge in [0.25, 0.3) is 0 Å². The fourth-order valence-corrected chi connectivity index (χ4v) is 3.05. The van der Waals surface area contributed by atoms with E-state index in [1.54, 1.807) is 0 Å². The standard InChI is InChI=1S/C21H25Cl/c1-6-8-17-12-20(21(22)13-19(17)15(4)5)18-10-7-9-16(11-18)14(2)3/h7,9-14H,4,6,8H2,1-3,5H3. The van der Waals surface area contributed by atoms with Crippen LogP contribution in [0.3, 0.4) is 0 Å². The van der Waals surface area contributed by atoms with Crippen LogP contribution in [0.5, 0.6) is 0 Å². The van der Waals surface area contributed by atoms with Gasteiger partial charge in [0.15, 0.2) is 0 Å². The summed E-state index contributed by atoms with van der Waals surface area (Å²) in [6.07, 6.45) is 2.17. The van der Waals surface area contributed by atoms with Crippen LogP contribution < -0.4 is 0 Å². The molecule has 0 nitrogen and oxygen atoms in total. The molecule has 0 atom stereocenters. The van der Waals surface area contributed by atoms with Crippen LogP contribution in [0.25, 0.3) is 16.7 Å². The van der Waals surface area contributed by atoms with Gasteiger partial charge in [-0.15, -0.1) is 0 Å². The zero-order valence-electron chi connectivity index (χ0n) is 14.0. The highest BCUT2D eigenvalue weighted by Gasteiger charge is 2.11. The molecule has 0 spiro atoms. The lowest BCUT2D eigenvalue weighted by molar-refractivity contribution is 0.867. The molecule has 1 heteroatoms. The average molecular weight is 313 g/mol. The molecular weight excluding hydrogens is 288 g/mol. The van der Waals surface area contributed by atoms with Crippen molar-refractivity contribution < 1.29 is 0 Å². The number of hydrogen-bond acceptors (Lipinski definition) is 0. The minimum absolute atomic E-state index is 0.517. The van der Waals surface area contributed by atoms with Gasteiger partial charge < -0.3 is 0 Å². The number of hydrogen-bond donors (Lipinski definition) is 0. The van der Waals surface area contributed by atoms with Crippen LogP contribution in [0.1, 0.15) is 56.7 Å². The van der Waals surface area contributed by atoms with Gasteiger partial charge in [-0.2, -0.15) is 0 Å². The molecule has 22 heavy (non-hydrogen) atoms. The first-order chi connectivity index (χ1) is 10.4. The third-order valence-electron chi connectivity index (χ3n) is 4.04. The number of rotatable bonds is 5. The largest absolute Gasteiger partial charge is 0.0955 e. The van der Waals surface area contributed by atoms with Crippen molar-refractivity contribution in [3.05, 3.63) is 64.7 Å². The maximum absolute atomic E-state index is 6.57. The van der Waals surface area contributed by atoms with Crippen molar-refractivity contribution in [3.8, 4) is 11.1 Å². The SMILES string of the molecule is C=C(C)c1cc(Cl)c(-c2cccc(C(C)C)c2)cc1CCC. The molecular formula is C21H25Cl. The van der Waals surface area contributed by atoms with E-state index in [0.29, 0.717) is 5.92 Å². The zero-order chi connectivity index (χ0) is 16.3. The minimum Gasteiger partial charge on any atom is -0.0955 e. The molecule has 0 saturated carbocycles. The maximum Gasteiger partial charge on any atom is 0.0490 e. The van der Waals surface area contributed by atoms with Crippen molar-refractivity contribution in [1.82, 2.24) is 0 Å². The molecule has 0 radical (unpaired) electrons. The molecule has 0 aliphatic rings. The first kappa shape index (κ1) is 16.8. The highest BCUT2D eigenvalue weighted by Crippen LogP contribution is 2.34. The van der Waals surface area contributed by atoms with Crippen LogP contribution in [0.15, 0.2) is 43.0 Å². The predicted molar refractivity (Wildman–Crippen MR) is 99.7 cm³/mol. The molecule has 0 aromatic heterocycles. The number of aryl methyl sites for hydroxylation is 1. The molecule has 0 bridgehead atoms. The van der Waals surface area contributed by atoms with Gasteiger partial charge in [0.2, 0.25) is 0 Å². The van der Waals surface area contributed by atoms with E-state index in [2.05, 4.69) is 63.7 Å². The summed E-state index contributed by atoms with van der Waals surface area (Å²) in [4.78, 5) is 0. The van der Waals surface area contributed by atoms with Crippen LogP contribution in [0.2, 0.25) is 5.02 Å². The van der Waals surface area contributed by atoms with Crippen molar-refractivity contribution in [1.29, 1.82) is 0 Å². The van der Waals surface area contributed by atoms with E-state index in [1.165, 1.54) is 22.3 Å². The second-order valence-corrected chi connectivity index (χ2v) is 6.71. The van der Waals surface area contributed by atoms with E-state index < -0.39 is 0 Å². The molecule has 2 rings (SSSR count). The number of allylic oxidation sites excluding steroid dienone is 1. The third kappa shape index (κ3) is 3.62. The van der Waals surface area contributed by atoms with Gasteiger partial charge in [0, 0.05) is 10.6 Å². The fraction of sp³-hybridized carbons (Fsp3) is 0.333. The molecule has 0 aliphatic carbocycles. The summed E-state index contributed by atoms with van der Waals surface area (Å²) < 4.78 is 0. The summed E-state index contributed by atoms with van der Waals surface area (Å²) >= 11 is 6.57. The van der Waals surface area contributed by atoms with E-state index in [-0.39, 0.29) is 0 Å². The topological polar surface area (TPSA) is 0 Å². The second kappa shape index (κ2) is 7.15. The Kier molecular flexibility index (Phi) is 5.47. The quantitative estimate of drug-likeness (QED) is 0.551. The Hall–Kier alpha value is -1.53. The minimum atomic E-state index is 0.517. The van der Waals surface area contributed by atoms with Gasteiger partial charge in [-0.25, -0.2) is 0 Å². The van der Waals surface area contributed by atoms with E-state index in [1.807, 2.05) is 6.92 Å². The van der Waals surface area contributed by atoms with Gasteiger partial charge in [0.05, 0.1) is 0 Å². The predicted octanol–water partition coefficient (Wildman–Crippen LogP) is 7.12. The van der Waals surface area contributed by atoms with Crippen molar-refractivity contribution in [2.45, 2.75) is 46.5 Å². The van der Waals surface area contributed by atoms with Crippen molar-refractivity contribution in [2.75, 3.05) is 0 Å². The molecule has 0 saturated heterocycles. The second-order valence-electron chi connectivity index (χ2n) is 6.30. The van der Waals surface area contributed by atoms with Gasteiger partial charge in [-0.3, -0.25) is 0 Å². The zero-order valence-corrected chi connectivity index (χ0v) is 14.8. The lowest BCUT2D eigenvalue weighted by Crippen LogP contribution is -1.95. The van der Waals surface area contributed by atoms with Gasteiger partial charge in [-0.1, -0.05) is 75.2 Å². The molecule has 0 aliphatic heterocycles. The Morgan fingerprint density at radius 1 is 1.18 bits per heavy atom. The summed E-state index contributed by atoms with van der Waals surface area (Å²) in [5.74, 6) is 0.517. The Bertz CT molecular complexity index is 680. The number of halogens is 1. The van der Waals surface area contributed by atoms with Crippen LogP contribution in [-0.4, -0.2) is 0 Å². The van der Waals surface area contributed by atoms with E-state index in [0.717, 1.165) is 29.0 Å². The van der Waals surface area contributed by atoms with E-state index in [9.17, 15) is 0 Å². The molecule has 0 unspecified atom stereocenters. The van der Waals surface area contributed by atoms with Crippen molar-refractivity contribution >= 4 is 17.2 Å². The molecule has 0 fully saturated rings. The van der Waals surface area contributed by atoms with Crippen LogP contribution in [0.4, 0.5) is 0 Å². The molecule has 0 amide bonds. The normalized spacial score (nSPS) is 11.0. The monoisotopic (exact) mass is 312 g/mol. The lowest BCUT2D eigenvalue weighted by atomic mass is 9.92. The molecule has 116 valence electrons. The van der Waals surface area contributed by atoms with Crippen molar-refractivity contribution in [2.24, 2.45) is 0 Å². The summed E-state index contributed by atoms with van der Waals surface area (Å²) in [5.41, 5.74) is 7.27. The van der Waals surface area contributed by atoms with Gasteiger partial charge in [-0.05, 0) is 53.6 Å². The van der Waals surface area contributed by atoms with Gasteiger partial charge >= 0.3 is 0 Å². The van der Waals surface area contributed by atoms with E-state index >= 15 is 0 Å². The Balaban J connectivity index is 2.58. The summed E-state index contributed by atoms with van der Waals surface area (Å²) in [5, 5.41) is 0.804. The van der Waals surface area contributed by atoms with Crippen LogP contribution in [0, 0.1) is 0 Å². The summed E-state index contributed by atoms with van der Waals surface area (Å²) in [6.45, 7) is 12.8. The van der Waals surface area contributed by atoms with Crippen LogP contribution >= 0.6 is 11.6 Å². The Morgan fingerprint density at radius 2 is 1.91 bits per heavy atom. The molecule has 0 N–H and O–H groups in total. The molecule has 2 aromatic carbocycles. The Morgan fingerprint density at radius 3 is 2.50 bits per heavy atom. The highest BCUT2D eigenvalue weighted by molar-refractivity contribution is 6.33. The summed E-state index contributed by atoms with van der Waals surface area (Å²) in [6, 6.07) is 13.0. The fourth-order valence-electron chi connectivity index (χ4n) is 2.78. The first-order valence-electron chi connectivity index (χ1n) is 8.02. The summed E-state index contributed by atoms with van der Waals surface area (Å²) in [7, 11) is 0. The van der Waals surface area contributed by atoms with Crippen molar-refractivity contribution in [3.63, 3.8) is 0 Å². The molecule has 0 heterocycles. The average Bonchev–Trinajstić information content (AvgIpc) is 2.48. The van der Waals surface area contributed by atoms with E-state index in [4.69, 9.17) is 11.6 Å². The number of benzene rings is 2. The van der Waals surface area contributed by atoms with Crippen LogP contribution in [-0.2, 0) is 6.42 Å². The highest BCUT2D eigenvalue weighted by atomic mass is 35.5. The smallest absolute Gasteiger partial charge is 0.0490 e. The van der Waals surface area contributed by atoms with Gasteiger partial charge in [0.1, 0.15) is 0 Å². The molecule has 2 aromatic rings. The third-order valence-corrected chi connectivity index (χ3v) is 4.35. The first-order valence-corrected chi connectivity index (χ1v) is 8.40. The Labute approximate surface area is 139 Å².